The molecule has 6 aromatic rings. The molecule has 0 fully saturated rings. The molecule has 0 unspecified atom stereocenters. The zero-order valence-corrected chi connectivity index (χ0v) is 23.3. The number of thiophene rings is 1. The molecule has 0 bridgehead atoms. The van der Waals surface area contributed by atoms with Crippen LogP contribution >= 0.6 is 11.3 Å². The Kier molecular flexibility index (Phi) is 5.72. The lowest BCUT2D eigenvalue weighted by atomic mass is 9.82. The summed E-state index contributed by atoms with van der Waals surface area (Å²) in [5.41, 5.74) is 6.77. The highest BCUT2D eigenvalue weighted by atomic mass is 32.1. The van der Waals surface area contributed by atoms with E-state index in [9.17, 15) is 0 Å². The highest BCUT2D eigenvalue weighted by molar-refractivity contribution is 7.19. The normalized spacial score (nSPS) is 12.4. The van der Waals surface area contributed by atoms with E-state index in [1.54, 1.807) is 0 Å². The van der Waals surface area contributed by atoms with Crippen molar-refractivity contribution in [2.45, 2.75) is 53.4 Å². The third-order valence-electron chi connectivity index (χ3n) is 7.27. The molecule has 37 heavy (non-hydrogen) atoms. The number of fused-ring (bicyclic) bond motifs is 3. The molecule has 0 aliphatic rings. The van der Waals surface area contributed by atoms with Gasteiger partial charge in [0.15, 0.2) is 5.58 Å². The lowest BCUT2D eigenvalue weighted by Crippen LogP contribution is -2.12. The van der Waals surface area contributed by atoms with Gasteiger partial charge in [-0.15, -0.1) is 11.3 Å². The molecule has 6 rings (SSSR count). The van der Waals surface area contributed by atoms with Crippen molar-refractivity contribution >= 4 is 43.2 Å². The molecule has 0 amide bonds. The summed E-state index contributed by atoms with van der Waals surface area (Å²) in [6.07, 6.45) is 3.01. The number of furan rings is 1. The lowest BCUT2D eigenvalue weighted by molar-refractivity contribution is 0.596. The van der Waals surface area contributed by atoms with Crippen molar-refractivity contribution in [3.05, 3.63) is 88.9 Å². The summed E-state index contributed by atoms with van der Waals surface area (Å²) in [7, 11) is 0. The first kappa shape index (κ1) is 23.9. The number of hydrogen-bond donors (Lipinski definition) is 0. The molecule has 0 aliphatic heterocycles. The highest BCUT2D eigenvalue weighted by Crippen LogP contribution is 2.40. The van der Waals surface area contributed by atoms with E-state index in [0.717, 1.165) is 40.0 Å². The van der Waals surface area contributed by atoms with E-state index in [2.05, 4.69) is 102 Å². The number of nitrogens with zero attached hydrogens (tertiary/aromatic N) is 1. The minimum atomic E-state index is 0.0144. The smallest absolute Gasteiger partial charge is 0.161 e. The van der Waals surface area contributed by atoms with Crippen LogP contribution in [-0.2, 0) is 11.8 Å². The molecule has 0 radical (unpaired) electrons. The Morgan fingerprint density at radius 3 is 2.46 bits per heavy atom. The predicted octanol–water partition coefficient (Wildman–Crippen LogP) is 10.3. The van der Waals surface area contributed by atoms with Crippen LogP contribution < -0.4 is 0 Å². The first-order valence-corrected chi connectivity index (χ1v) is 14.0. The van der Waals surface area contributed by atoms with Crippen LogP contribution in [0.1, 0.15) is 50.6 Å². The molecule has 186 valence electrons. The van der Waals surface area contributed by atoms with Crippen LogP contribution in [-0.4, -0.2) is 4.98 Å². The molecular weight excluding hydrogens is 470 g/mol. The average Bonchev–Trinajstić information content (AvgIpc) is 3.43. The summed E-state index contributed by atoms with van der Waals surface area (Å²) < 4.78 is 7.90. The number of benzene rings is 3. The Labute approximate surface area is 223 Å². The van der Waals surface area contributed by atoms with Crippen molar-refractivity contribution in [2.75, 3.05) is 0 Å². The summed E-state index contributed by atoms with van der Waals surface area (Å²) in [6.45, 7) is 13.6. The van der Waals surface area contributed by atoms with Gasteiger partial charge in [-0.3, -0.25) is 4.98 Å². The maximum absolute atomic E-state index is 6.57. The van der Waals surface area contributed by atoms with Crippen LogP contribution in [0.4, 0.5) is 0 Å². The van der Waals surface area contributed by atoms with Crippen molar-refractivity contribution in [3.8, 4) is 22.6 Å². The van der Waals surface area contributed by atoms with Crippen molar-refractivity contribution in [1.82, 2.24) is 4.98 Å². The predicted molar refractivity (Wildman–Crippen MR) is 160 cm³/mol. The van der Waals surface area contributed by atoms with Crippen LogP contribution in [0.2, 0.25) is 0 Å². The van der Waals surface area contributed by atoms with Crippen molar-refractivity contribution in [2.24, 2.45) is 5.92 Å². The maximum atomic E-state index is 6.57. The number of hydrogen-bond acceptors (Lipinski definition) is 3. The molecule has 0 saturated carbocycles. The Bertz CT molecular complexity index is 1780. The molecule has 3 aromatic carbocycles. The van der Waals surface area contributed by atoms with Crippen molar-refractivity contribution in [3.63, 3.8) is 0 Å². The molecule has 0 spiro atoms. The number of rotatable bonds is 4. The molecule has 0 aliphatic carbocycles. The van der Waals surface area contributed by atoms with Crippen LogP contribution in [0.15, 0.2) is 77.3 Å². The molecule has 3 heteroatoms. The Morgan fingerprint density at radius 1 is 0.865 bits per heavy atom. The summed E-state index contributed by atoms with van der Waals surface area (Å²) in [6, 6.07) is 24.1. The SMILES string of the molecule is Cc1sc2cc(-c3cc4ccnc(-c5cc(C(C)(C)C)c6ccccc6c5)c4o3)ccc2c1CC(C)C. The zero-order chi connectivity index (χ0) is 25.9. The largest absolute Gasteiger partial charge is 0.454 e. The second kappa shape index (κ2) is 8.85. The van der Waals surface area contributed by atoms with Gasteiger partial charge < -0.3 is 4.42 Å². The topological polar surface area (TPSA) is 26.0 Å². The summed E-state index contributed by atoms with van der Waals surface area (Å²) >= 11 is 1.89. The van der Waals surface area contributed by atoms with Gasteiger partial charge in [-0.2, -0.15) is 0 Å². The summed E-state index contributed by atoms with van der Waals surface area (Å²) in [4.78, 5) is 6.23. The fraction of sp³-hybridized carbons (Fsp3) is 0.265. The molecule has 3 heterocycles. The van der Waals surface area contributed by atoms with Gasteiger partial charge in [-0.1, -0.05) is 71.0 Å². The van der Waals surface area contributed by atoms with E-state index < -0.39 is 0 Å². The highest BCUT2D eigenvalue weighted by Gasteiger charge is 2.21. The Morgan fingerprint density at radius 2 is 1.68 bits per heavy atom. The minimum absolute atomic E-state index is 0.0144. The van der Waals surface area contributed by atoms with E-state index in [0.29, 0.717) is 5.92 Å². The summed E-state index contributed by atoms with van der Waals surface area (Å²) in [5.74, 6) is 1.53. The minimum Gasteiger partial charge on any atom is -0.454 e. The molecule has 3 aromatic heterocycles. The standard InChI is InChI=1S/C34H33NOS/c1-20(2)15-28-21(3)37-31-19-23(11-12-27(28)31)30-18-24-13-14-35-32(33(24)36-30)25-16-22-9-7-8-10-26(22)29(17-25)34(4,5)6/h7-14,16-20H,15H2,1-6H3. The van der Waals surface area contributed by atoms with Gasteiger partial charge in [0, 0.05) is 32.3 Å². The van der Waals surface area contributed by atoms with Gasteiger partial charge in [0.05, 0.1) is 0 Å². The third-order valence-corrected chi connectivity index (χ3v) is 8.38. The molecular formula is C34H33NOS. The van der Waals surface area contributed by atoms with E-state index in [1.165, 1.54) is 36.9 Å². The van der Waals surface area contributed by atoms with Crippen molar-refractivity contribution in [1.29, 1.82) is 0 Å². The van der Waals surface area contributed by atoms with Gasteiger partial charge in [0.25, 0.3) is 0 Å². The van der Waals surface area contributed by atoms with E-state index in [-0.39, 0.29) is 5.41 Å². The van der Waals surface area contributed by atoms with Gasteiger partial charge in [0.2, 0.25) is 0 Å². The van der Waals surface area contributed by atoms with E-state index >= 15 is 0 Å². The van der Waals surface area contributed by atoms with Gasteiger partial charge >= 0.3 is 0 Å². The van der Waals surface area contributed by atoms with E-state index in [4.69, 9.17) is 9.40 Å². The van der Waals surface area contributed by atoms with Crippen LogP contribution in [0.3, 0.4) is 0 Å². The Balaban J connectivity index is 1.49. The lowest BCUT2D eigenvalue weighted by Gasteiger charge is -2.22. The van der Waals surface area contributed by atoms with E-state index in [1.807, 2.05) is 23.6 Å². The van der Waals surface area contributed by atoms with Gasteiger partial charge in [0.1, 0.15) is 11.5 Å². The van der Waals surface area contributed by atoms with Gasteiger partial charge in [-0.25, -0.2) is 0 Å². The molecule has 0 N–H and O–H groups in total. The van der Waals surface area contributed by atoms with Gasteiger partial charge in [-0.05, 0) is 82.3 Å². The quantitative estimate of drug-likeness (QED) is 0.239. The monoisotopic (exact) mass is 503 g/mol. The second-order valence-corrected chi connectivity index (χ2v) is 12.9. The summed E-state index contributed by atoms with van der Waals surface area (Å²) in [5, 5.41) is 4.98. The fourth-order valence-electron chi connectivity index (χ4n) is 5.47. The number of aromatic nitrogens is 1. The maximum Gasteiger partial charge on any atom is 0.161 e. The first-order chi connectivity index (χ1) is 17.7. The average molecular weight is 504 g/mol. The van der Waals surface area contributed by atoms with Crippen molar-refractivity contribution < 1.29 is 4.42 Å². The third kappa shape index (κ3) is 4.26. The number of pyridine rings is 1. The van der Waals surface area contributed by atoms with Crippen LogP contribution in [0.5, 0.6) is 0 Å². The first-order valence-electron chi connectivity index (χ1n) is 13.1. The molecule has 0 atom stereocenters. The molecule has 2 nitrogen and oxygen atoms in total. The molecule has 0 saturated heterocycles. The van der Waals surface area contributed by atoms with Crippen LogP contribution in [0.25, 0.3) is 54.4 Å². The fourth-order valence-corrected chi connectivity index (χ4v) is 6.60. The zero-order valence-electron chi connectivity index (χ0n) is 22.5. The second-order valence-electron chi connectivity index (χ2n) is 11.6. The Hall–Kier alpha value is -3.43. The van der Waals surface area contributed by atoms with Crippen LogP contribution in [0, 0.1) is 12.8 Å². The number of aryl methyl sites for hydroxylation is 1.